The van der Waals surface area contributed by atoms with Gasteiger partial charge in [0.25, 0.3) is 0 Å². The van der Waals surface area contributed by atoms with Gasteiger partial charge in [-0.15, -0.1) is 0 Å². The monoisotopic (exact) mass is 220 g/mol. The van der Waals surface area contributed by atoms with Gasteiger partial charge in [0, 0.05) is 14.0 Å². The van der Waals surface area contributed by atoms with Crippen molar-refractivity contribution < 1.29 is 4.79 Å². The molecule has 0 spiro atoms. The van der Waals surface area contributed by atoms with Crippen LogP contribution in [-0.2, 0) is 4.79 Å². The molecule has 70 valence electrons. The molecule has 0 aromatic heterocycles. The number of fused-ring (bicyclic) bond motifs is 1. The minimum absolute atomic E-state index is 0.786. The number of hydrogen-bond acceptors (Lipinski definition) is 3. The maximum Gasteiger partial charge on any atom is 0.142 e. The largest absolute Gasteiger partial charge is 0.299 e. The Balaban J connectivity index is 2.15. The van der Waals surface area contributed by atoms with Crippen LogP contribution in [0, 0.1) is 0 Å². The topological polar surface area (TPSA) is 17.1 Å². The fourth-order valence-electron chi connectivity index (χ4n) is 1.10. The van der Waals surface area contributed by atoms with Crippen molar-refractivity contribution in [3.63, 3.8) is 0 Å². The summed E-state index contributed by atoms with van der Waals surface area (Å²) in [6, 6.07) is 8.29. The fourth-order valence-corrected chi connectivity index (χ4v) is 3.42. The van der Waals surface area contributed by atoms with Gasteiger partial charge in [-0.3, -0.25) is 4.79 Å². The Labute approximate surface area is 91.3 Å². The summed E-state index contributed by atoms with van der Waals surface area (Å²) in [5, 5.41) is 0. The molecule has 0 fully saturated rings. The van der Waals surface area contributed by atoms with Crippen LogP contribution in [0.1, 0.15) is 0 Å². The number of thioether (sulfide) groups is 2. The number of carbonyl (C=O) groups is 1. The molecule has 0 radical (unpaired) electrons. The maximum absolute atomic E-state index is 10.1. The number of carbonyl (C=O) groups excluding carboxylic acids is 1. The molecule has 0 N–H and O–H groups in total. The third kappa shape index (κ3) is 2.11. The Morgan fingerprint density at radius 2 is 1.64 bits per heavy atom. The van der Waals surface area contributed by atoms with Crippen LogP contribution in [0.25, 0.3) is 0 Å². The summed E-state index contributed by atoms with van der Waals surface area (Å²) >= 11 is 3.49. The molecule has 0 aliphatic carbocycles. The molecule has 14 heavy (non-hydrogen) atoms. The lowest BCUT2D eigenvalue weighted by molar-refractivity contribution is -0.104. The molecule has 1 nitrogen and oxygen atoms in total. The van der Waals surface area contributed by atoms with Gasteiger partial charge in [-0.2, -0.15) is 0 Å². The number of aldehydes is 1. The molecule has 1 aromatic rings. The van der Waals surface area contributed by atoms with E-state index < -0.39 is 0 Å². The Morgan fingerprint density at radius 1 is 1.00 bits per heavy atom. The first-order chi connectivity index (χ1) is 6.90. The highest BCUT2D eigenvalue weighted by molar-refractivity contribution is 8.24. The second-order valence-corrected chi connectivity index (χ2v) is 5.08. The van der Waals surface area contributed by atoms with Crippen molar-refractivity contribution in [2.45, 2.75) is 9.79 Å². The van der Waals surface area contributed by atoms with Crippen molar-refractivity contribution in [2.24, 2.45) is 0 Å². The molecule has 2 rings (SSSR count). The summed E-state index contributed by atoms with van der Waals surface area (Å²) in [7, 11) is 0. The Kier molecular flexibility index (Phi) is 3.11. The van der Waals surface area contributed by atoms with Crippen molar-refractivity contribution >= 4 is 29.8 Å². The molecule has 0 atom stereocenters. The predicted octanol–water partition coefficient (Wildman–Crippen LogP) is 3.48. The second kappa shape index (κ2) is 4.53. The number of benzene rings is 1. The van der Waals surface area contributed by atoms with E-state index in [0.717, 1.165) is 6.29 Å². The average molecular weight is 220 g/mol. The van der Waals surface area contributed by atoms with Crippen molar-refractivity contribution in [1.29, 1.82) is 0 Å². The van der Waals surface area contributed by atoms with Crippen LogP contribution >= 0.6 is 23.5 Å². The first kappa shape index (κ1) is 9.62. The third-order valence-electron chi connectivity index (χ3n) is 1.69. The van der Waals surface area contributed by atoms with Gasteiger partial charge in [-0.25, -0.2) is 0 Å². The van der Waals surface area contributed by atoms with Crippen LogP contribution in [0.3, 0.4) is 0 Å². The summed E-state index contributed by atoms with van der Waals surface area (Å²) < 4.78 is 1.21. The molecule has 1 heterocycles. The Morgan fingerprint density at radius 3 is 2.21 bits per heavy atom. The number of hydrogen-bond donors (Lipinski definition) is 0. The number of rotatable bonds is 2. The lowest BCUT2D eigenvalue weighted by Gasteiger charge is -1.90. The highest BCUT2D eigenvalue weighted by atomic mass is 32.2. The van der Waals surface area contributed by atoms with Crippen LogP contribution < -0.4 is 0 Å². The summed E-state index contributed by atoms with van der Waals surface area (Å²) in [6.45, 7) is 0. The average Bonchev–Trinajstić information content (AvgIpc) is 2.60. The maximum atomic E-state index is 10.1. The van der Waals surface area contributed by atoms with Crippen LogP contribution in [0.15, 0.2) is 56.5 Å². The van der Waals surface area contributed by atoms with Gasteiger partial charge in [0.05, 0.1) is 0 Å². The summed E-state index contributed by atoms with van der Waals surface area (Å²) in [5.41, 5.74) is 0. The molecular formula is C11H8OS2. The molecule has 1 aromatic carbocycles. The van der Waals surface area contributed by atoms with Gasteiger partial charge in [0.1, 0.15) is 6.29 Å². The van der Waals surface area contributed by atoms with E-state index in [1.54, 1.807) is 29.6 Å². The van der Waals surface area contributed by atoms with Crippen LogP contribution in [0.4, 0.5) is 0 Å². The van der Waals surface area contributed by atoms with Crippen LogP contribution in [0.2, 0.25) is 0 Å². The molecule has 0 saturated carbocycles. The Hall–Kier alpha value is -0.930. The van der Waals surface area contributed by atoms with Gasteiger partial charge >= 0.3 is 0 Å². The molecular weight excluding hydrogens is 212 g/mol. The summed E-state index contributed by atoms with van der Waals surface area (Å²) in [6.07, 6.45) is 6.02. The van der Waals surface area contributed by atoms with E-state index in [9.17, 15) is 4.79 Å². The van der Waals surface area contributed by atoms with E-state index in [0.29, 0.717) is 0 Å². The molecule has 0 saturated heterocycles. The second-order valence-electron chi connectivity index (χ2n) is 2.66. The van der Waals surface area contributed by atoms with Gasteiger partial charge in [0.15, 0.2) is 0 Å². The van der Waals surface area contributed by atoms with E-state index >= 15 is 0 Å². The zero-order chi connectivity index (χ0) is 9.80. The highest BCUT2D eigenvalue weighted by Gasteiger charge is 2.15. The van der Waals surface area contributed by atoms with Crippen molar-refractivity contribution in [3.8, 4) is 0 Å². The third-order valence-corrected chi connectivity index (χ3v) is 4.15. The van der Waals surface area contributed by atoms with Crippen LogP contribution in [-0.4, -0.2) is 6.29 Å². The van der Waals surface area contributed by atoms with E-state index in [1.165, 1.54) is 20.1 Å². The lowest BCUT2D eigenvalue weighted by Crippen LogP contribution is -1.65. The highest BCUT2D eigenvalue weighted by Crippen LogP contribution is 2.50. The quantitative estimate of drug-likeness (QED) is 0.561. The SMILES string of the molecule is O=CC=CC=C1Sc2ccccc2S1. The smallest absolute Gasteiger partial charge is 0.142 e. The molecule has 0 amide bonds. The van der Waals surface area contributed by atoms with Gasteiger partial charge in [-0.1, -0.05) is 41.7 Å². The first-order valence-corrected chi connectivity index (χ1v) is 5.80. The van der Waals surface area contributed by atoms with E-state index in [1.807, 2.05) is 18.2 Å². The standard InChI is InChI=1S/C11H8OS2/c12-8-4-3-7-11-13-9-5-1-2-6-10(9)14-11/h1-8H. The lowest BCUT2D eigenvalue weighted by atomic mass is 10.4. The zero-order valence-corrected chi connectivity index (χ0v) is 8.98. The Bertz CT molecular complexity index is 381. The summed E-state index contributed by atoms with van der Waals surface area (Å²) in [4.78, 5) is 12.7. The molecule has 1 aliphatic heterocycles. The normalized spacial score (nSPS) is 14.4. The van der Waals surface area contributed by atoms with Crippen molar-refractivity contribution in [2.75, 3.05) is 0 Å². The van der Waals surface area contributed by atoms with E-state index in [4.69, 9.17) is 0 Å². The zero-order valence-electron chi connectivity index (χ0n) is 7.34. The van der Waals surface area contributed by atoms with Crippen LogP contribution in [0.5, 0.6) is 0 Å². The first-order valence-electron chi connectivity index (χ1n) is 4.17. The van der Waals surface area contributed by atoms with Crippen molar-refractivity contribution in [3.05, 3.63) is 46.7 Å². The van der Waals surface area contributed by atoms with Gasteiger partial charge in [0.2, 0.25) is 0 Å². The minimum atomic E-state index is 0.786. The predicted molar refractivity (Wildman–Crippen MR) is 61.4 cm³/mol. The van der Waals surface area contributed by atoms with Crippen molar-refractivity contribution in [1.82, 2.24) is 0 Å². The molecule has 0 unspecified atom stereocenters. The van der Waals surface area contributed by atoms with Gasteiger partial charge < -0.3 is 0 Å². The number of allylic oxidation sites excluding steroid dienone is 3. The summed E-state index contributed by atoms with van der Waals surface area (Å²) in [5.74, 6) is 0. The molecule has 3 heteroatoms. The van der Waals surface area contributed by atoms with Gasteiger partial charge in [-0.05, 0) is 24.3 Å². The molecule has 0 bridgehead atoms. The minimum Gasteiger partial charge on any atom is -0.299 e. The van der Waals surface area contributed by atoms with E-state index in [-0.39, 0.29) is 0 Å². The molecule has 1 aliphatic rings. The van der Waals surface area contributed by atoms with E-state index in [2.05, 4.69) is 12.1 Å². The fraction of sp³-hybridized carbons (Fsp3) is 0.